The molecule has 20 heavy (non-hydrogen) atoms. The molecule has 1 aromatic rings. The minimum Gasteiger partial charge on any atom is -0.510 e. The summed E-state index contributed by atoms with van der Waals surface area (Å²) in [6, 6.07) is 5.58. The molecule has 7 nitrogen and oxygen atoms in total. The zero-order valence-electron chi connectivity index (χ0n) is 10.4. The lowest BCUT2D eigenvalue weighted by Gasteiger charge is -2.02. The number of aliphatic hydroxyl groups excluding tert-OH is 1. The standard InChI is InChI=1S/C12H10N2O5S/c1-19-12(16)10-9(15)6-20-11(10)13-7-2-4-8(5-3-7)14(17)18/h2-5,15H,6H2,1H3. The molecule has 0 aromatic heterocycles. The van der Waals surface area contributed by atoms with Crippen LogP contribution in [0.5, 0.6) is 0 Å². The van der Waals surface area contributed by atoms with E-state index in [9.17, 15) is 20.0 Å². The number of aliphatic imine (C=N–C) groups is 1. The molecule has 1 aromatic carbocycles. The minimum absolute atomic E-state index is 0.0378. The molecule has 0 radical (unpaired) electrons. The van der Waals surface area contributed by atoms with Crippen LogP contribution in [-0.4, -0.2) is 33.9 Å². The number of nitro benzene ring substituents is 1. The zero-order valence-corrected chi connectivity index (χ0v) is 11.2. The van der Waals surface area contributed by atoms with Gasteiger partial charge in [-0.3, -0.25) is 10.1 Å². The van der Waals surface area contributed by atoms with Gasteiger partial charge in [-0.25, -0.2) is 9.79 Å². The number of nitro groups is 1. The van der Waals surface area contributed by atoms with Crippen LogP contribution in [-0.2, 0) is 9.53 Å². The number of rotatable bonds is 3. The highest BCUT2D eigenvalue weighted by Gasteiger charge is 2.28. The lowest BCUT2D eigenvalue weighted by atomic mass is 10.2. The molecule has 8 heteroatoms. The van der Waals surface area contributed by atoms with Crippen molar-refractivity contribution in [1.29, 1.82) is 0 Å². The number of hydrogen-bond acceptors (Lipinski definition) is 7. The first-order valence-electron chi connectivity index (χ1n) is 5.49. The van der Waals surface area contributed by atoms with E-state index in [0.29, 0.717) is 10.7 Å². The Morgan fingerprint density at radius 1 is 1.45 bits per heavy atom. The number of aliphatic hydroxyl groups is 1. The molecule has 0 saturated carbocycles. The summed E-state index contributed by atoms with van der Waals surface area (Å²) in [6.07, 6.45) is 0. The summed E-state index contributed by atoms with van der Waals surface area (Å²) in [5.74, 6) is -0.494. The van der Waals surface area contributed by atoms with Gasteiger partial charge in [-0.15, -0.1) is 0 Å². The van der Waals surface area contributed by atoms with Gasteiger partial charge in [0.15, 0.2) is 0 Å². The normalized spacial score (nSPS) is 16.6. The van der Waals surface area contributed by atoms with Crippen LogP contribution >= 0.6 is 11.8 Å². The van der Waals surface area contributed by atoms with Crippen LogP contribution in [0.15, 0.2) is 40.6 Å². The number of esters is 1. The molecule has 2 rings (SSSR count). The Balaban J connectivity index is 2.31. The fraction of sp³-hybridized carbons (Fsp3) is 0.167. The largest absolute Gasteiger partial charge is 0.510 e. The lowest BCUT2D eigenvalue weighted by molar-refractivity contribution is -0.384. The van der Waals surface area contributed by atoms with E-state index in [1.165, 1.54) is 43.1 Å². The highest BCUT2D eigenvalue weighted by atomic mass is 32.2. The Hall–Kier alpha value is -2.35. The SMILES string of the molecule is COC(=O)C1=C(O)CSC1=Nc1ccc([N+](=O)[O-])cc1. The van der Waals surface area contributed by atoms with Crippen LogP contribution in [0, 0.1) is 10.1 Å². The monoisotopic (exact) mass is 294 g/mol. The topological polar surface area (TPSA) is 102 Å². The maximum atomic E-state index is 11.5. The van der Waals surface area contributed by atoms with Gasteiger partial charge in [-0.1, -0.05) is 11.8 Å². The lowest BCUT2D eigenvalue weighted by Crippen LogP contribution is -2.10. The second kappa shape index (κ2) is 5.74. The van der Waals surface area contributed by atoms with Crippen LogP contribution in [0.3, 0.4) is 0 Å². The van der Waals surface area contributed by atoms with Gasteiger partial charge in [0, 0.05) is 12.1 Å². The van der Waals surface area contributed by atoms with Gasteiger partial charge in [-0.05, 0) is 12.1 Å². The fourth-order valence-electron chi connectivity index (χ4n) is 1.57. The quantitative estimate of drug-likeness (QED) is 0.521. The number of carbonyl (C=O) groups excluding carboxylic acids is 1. The molecule has 0 saturated heterocycles. The molecule has 1 N–H and O–H groups in total. The van der Waals surface area contributed by atoms with Gasteiger partial charge in [0.05, 0.1) is 23.5 Å². The number of hydrogen-bond donors (Lipinski definition) is 1. The van der Waals surface area contributed by atoms with Crippen molar-refractivity contribution >= 4 is 34.1 Å². The van der Waals surface area contributed by atoms with Crippen molar-refractivity contribution in [3.63, 3.8) is 0 Å². The Kier molecular flexibility index (Phi) is 4.04. The van der Waals surface area contributed by atoms with Crippen LogP contribution in [0.4, 0.5) is 11.4 Å². The first-order chi connectivity index (χ1) is 9.52. The summed E-state index contributed by atoms with van der Waals surface area (Å²) in [4.78, 5) is 25.8. The molecule has 0 unspecified atom stereocenters. The maximum Gasteiger partial charge on any atom is 0.344 e. The number of thioether (sulfide) groups is 1. The minimum atomic E-state index is -0.659. The fourth-order valence-corrected chi connectivity index (χ4v) is 2.50. The Bertz CT molecular complexity index is 621. The van der Waals surface area contributed by atoms with Crippen molar-refractivity contribution in [2.45, 2.75) is 0 Å². The van der Waals surface area contributed by atoms with E-state index in [1.807, 2.05) is 0 Å². The van der Waals surface area contributed by atoms with E-state index >= 15 is 0 Å². The molecule has 0 atom stereocenters. The molecule has 0 amide bonds. The summed E-state index contributed by atoms with van der Waals surface area (Å²) in [7, 11) is 1.22. The summed E-state index contributed by atoms with van der Waals surface area (Å²) >= 11 is 1.20. The average Bonchev–Trinajstić information content (AvgIpc) is 2.79. The average molecular weight is 294 g/mol. The van der Waals surface area contributed by atoms with Gasteiger partial charge in [0.1, 0.15) is 16.4 Å². The Morgan fingerprint density at radius 3 is 2.65 bits per heavy atom. The van der Waals surface area contributed by atoms with Crippen LogP contribution in [0.25, 0.3) is 0 Å². The molecule has 0 spiro atoms. The predicted molar refractivity (Wildman–Crippen MR) is 74.3 cm³/mol. The van der Waals surface area contributed by atoms with E-state index in [-0.39, 0.29) is 22.8 Å². The molecule has 1 aliphatic rings. The van der Waals surface area contributed by atoms with E-state index in [2.05, 4.69) is 9.73 Å². The van der Waals surface area contributed by atoms with E-state index < -0.39 is 10.9 Å². The van der Waals surface area contributed by atoms with Crippen molar-refractivity contribution in [3.8, 4) is 0 Å². The van der Waals surface area contributed by atoms with Gasteiger partial charge in [-0.2, -0.15) is 0 Å². The number of ether oxygens (including phenoxy) is 1. The van der Waals surface area contributed by atoms with E-state index in [0.717, 1.165) is 0 Å². The highest BCUT2D eigenvalue weighted by Crippen LogP contribution is 2.30. The van der Waals surface area contributed by atoms with Gasteiger partial charge >= 0.3 is 5.97 Å². The molecule has 1 heterocycles. The highest BCUT2D eigenvalue weighted by molar-refractivity contribution is 8.15. The summed E-state index contributed by atoms with van der Waals surface area (Å²) in [6.45, 7) is 0. The molecular formula is C12H10N2O5S. The van der Waals surface area contributed by atoms with Crippen molar-refractivity contribution in [1.82, 2.24) is 0 Å². The first kappa shape index (κ1) is 14.1. The Morgan fingerprint density at radius 2 is 2.10 bits per heavy atom. The maximum absolute atomic E-state index is 11.5. The number of non-ortho nitro benzene ring substituents is 1. The third-order valence-corrected chi connectivity index (χ3v) is 3.52. The third kappa shape index (κ3) is 2.80. The second-order valence-corrected chi connectivity index (χ2v) is 4.76. The van der Waals surface area contributed by atoms with Crippen LogP contribution in [0.2, 0.25) is 0 Å². The molecule has 104 valence electrons. The number of methoxy groups -OCH3 is 1. The molecule has 0 bridgehead atoms. The molecular weight excluding hydrogens is 284 g/mol. The zero-order chi connectivity index (χ0) is 14.7. The summed E-state index contributed by atoms with van der Waals surface area (Å²) in [5.41, 5.74) is 0.449. The van der Waals surface area contributed by atoms with Crippen molar-refractivity contribution < 1.29 is 19.6 Å². The van der Waals surface area contributed by atoms with Crippen molar-refractivity contribution in [3.05, 3.63) is 45.7 Å². The number of nitrogens with zero attached hydrogens (tertiary/aromatic N) is 2. The molecule has 0 aliphatic carbocycles. The summed E-state index contributed by atoms with van der Waals surface area (Å²) in [5, 5.41) is 20.5. The van der Waals surface area contributed by atoms with Crippen molar-refractivity contribution in [2.75, 3.05) is 12.9 Å². The smallest absolute Gasteiger partial charge is 0.344 e. The van der Waals surface area contributed by atoms with Crippen molar-refractivity contribution in [2.24, 2.45) is 4.99 Å². The molecule has 1 aliphatic heterocycles. The van der Waals surface area contributed by atoms with Gasteiger partial charge in [0.2, 0.25) is 0 Å². The summed E-state index contributed by atoms with van der Waals surface area (Å²) < 4.78 is 4.58. The van der Waals surface area contributed by atoms with Gasteiger partial charge < -0.3 is 9.84 Å². The van der Waals surface area contributed by atoms with E-state index in [4.69, 9.17) is 0 Å². The number of carbonyl (C=O) groups is 1. The predicted octanol–water partition coefficient (Wildman–Crippen LogP) is 2.36. The first-order valence-corrected chi connectivity index (χ1v) is 6.48. The van der Waals surface area contributed by atoms with Crippen LogP contribution < -0.4 is 0 Å². The van der Waals surface area contributed by atoms with E-state index in [1.54, 1.807) is 0 Å². The second-order valence-electron chi connectivity index (χ2n) is 3.79. The third-order valence-electron chi connectivity index (χ3n) is 2.53. The molecule has 0 fully saturated rings. The Labute approximate surface area is 118 Å². The van der Waals surface area contributed by atoms with Crippen LogP contribution in [0.1, 0.15) is 0 Å². The number of benzene rings is 1. The van der Waals surface area contributed by atoms with Gasteiger partial charge in [0.25, 0.3) is 5.69 Å².